The number of guanidine groups is 1. The maximum absolute atomic E-state index is 5.60. The van der Waals surface area contributed by atoms with E-state index in [0.29, 0.717) is 6.54 Å². The van der Waals surface area contributed by atoms with Crippen LogP contribution in [0.2, 0.25) is 0 Å². The van der Waals surface area contributed by atoms with Crippen LogP contribution in [-0.2, 0) is 4.74 Å². The van der Waals surface area contributed by atoms with Crippen molar-refractivity contribution in [1.29, 1.82) is 0 Å². The zero-order valence-electron chi connectivity index (χ0n) is 16.0. The van der Waals surface area contributed by atoms with E-state index in [9.17, 15) is 0 Å². The molecule has 1 aliphatic rings. The molecule has 0 radical (unpaired) electrons. The van der Waals surface area contributed by atoms with Gasteiger partial charge in [-0.25, -0.2) is 0 Å². The Bertz CT molecular complexity index is 506. The summed E-state index contributed by atoms with van der Waals surface area (Å²) in [7, 11) is 3.56. The van der Waals surface area contributed by atoms with E-state index in [1.165, 1.54) is 31.4 Å². The number of nitrogens with zero attached hydrogens (tertiary/aromatic N) is 2. The summed E-state index contributed by atoms with van der Waals surface area (Å²) < 4.78 is 5.60. The fourth-order valence-electron chi connectivity index (χ4n) is 3.39. The van der Waals surface area contributed by atoms with Crippen LogP contribution in [-0.4, -0.2) is 57.2 Å². The van der Waals surface area contributed by atoms with Crippen LogP contribution in [0, 0.1) is 0 Å². The Morgan fingerprint density at radius 1 is 1.28 bits per heavy atom. The van der Waals surface area contributed by atoms with Crippen LogP contribution in [0.15, 0.2) is 35.3 Å². The van der Waals surface area contributed by atoms with Crippen LogP contribution < -0.4 is 10.6 Å². The first-order valence-electron chi connectivity index (χ1n) is 9.51. The first kappa shape index (κ1) is 19.7. The number of rotatable bonds is 8. The first-order valence-corrected chi connectivity index (χ1v) is 9.51. The van der Waals surface area contributed by atoms with Gasteiger partial charge >= 0.3 is 0 Å². The lowest BCUT2D eigenvalue weighted by atomic mass is 10.0. The molecule has 0 spiro atoms. The maximum atomic E-state index is 5.60. The maximum Gasteiger partial charge on any atom is 0.191 e. The molecule has 2 rings (SSSR count). The molecule has 2 unspecified atom stereocenters. The number of likely N-dealkylation sites (tertiary alicyclic amines) is 1. The monoisotopic (exact) mass is 346 g/mol. The normalized spacial score (nSPS) is 20.3. The van der Waals surface area contributed by atoms with E-state index in [1.807, 2.05) is 25.2 Å². The van der Waals surface area contributed by atoms with Crippen LogP contribution in [0.4, 0.5) is 0 Å². The third kappa shape index (κ3) is 6.67. The topological polar surface area (TPSA) is 48.9 Å². The summed E-state index contributed by atoms with van der Waals surface area (Å²) in [6, 6.07) is 11.0. The fourth-order valence-corrected chi connectivity index (χ4v) is 3.39. The number of methoxy groups -OCH3 is 1. The summed E-state index contributed by atoms with van der Waals surface area (Å²) in [6.07, 6.45) is 5.23. The van der Waals surface area contributed by atoms with Gasteiger partial charge in [0.25, 0.3) is 0 Å². The van der Waals surface area contributed by atoms with E-state index in [-0.39, 0.29) is 6.10 Å². The van der Waals surface area contributed by atoms with Gasteiger partial charge in [-0.1, -0.05) is 36.8 Å². The summed E-state index contributed by atoms with van der Waals surface area (Å²) in [4.78, 5) is 6.92. The van der Waals surface area contributed by atoms with Gasteiger partial charge in [-0.05, 0) is 38.3 Å². The highest BCUT2D eigenvalue weighted by atomic mass is 16.5. The Morgan fingerprint density at radius 2 is 2.08 bits per heavy atom. The minimum Gasteiger partial charge on any atom is -0.375 e. The molecule has 1 aromatic carbocycles. The van der Waals surface area contributed by atoms with Crippen molar-refractivity contribution < 1.29 is 4.74 Å². The molecule has 2 atom stereocenters. The number of benzene rings is 1. The zero-order valence-corrected chi connectivity index (χ0v) is 16.0. The summed E-state index contributed by atoms with van der Waals surface area (Å²) in [5, 5.41) is 6.78. The van der Waals surface area contributed by atoms with Crippen molar-refractivity contribution in [1.82, 2.24) is 15.5 Å². The van der Waals surface area contributed by atoms with E-state index in [0.717, 1.165) is 31.5 Å². The second-order valence-electron chi connectivity index (χ2n) is 6.75. The van der Waals surface area contributed by atoms with Crippen molar-refractivity contribution in [3.63, 3.8) is 0 Å². The van der Waals surface area contributed by atoms with Crippen molar-refractivity contribution in [3.05, 3.63) is 35.9 Å². The van der Waals surface area contributed by atoms with Crippen molar-refractivity contribution in [2.45, 2.75) is 44.8 Å². The largest absolute Gasteiger partial charge is 0.375 e. The van der Waals surface area contributed by atoms with Crippen molar-refractivity contribution in [2.75, 3.05) is 40.3 Å². The molecule has 0 aliphatic carbocycles. The standard InChI is InChI=1S/C20H34N4O/c1-17-10-7-8-14-24(17)15-9-13-22-20(21-2)23-16-19(25-3)18-11-5-4-6-12-18/h4-6,11-12,17,19H,7-10,13-16H2,1-3H3,(H2,21,22,23). The second kappa shape index (κ2) is 11.1. The van der Waals surface area contributed by atoms with Gasteiger partial charge in [0.05, 0.1) is 6.10 Å². The van der Waals surface area contributed by atoms with Gasteiger partial charge in [-0.2, -0.15) is 0 Å². The molecule has 1 saturated heterocycles. The van der Waals surface area contributed by atoms with Gasteiger partial charge in [0, 0.05) is 39.8 Å². The lowest BCUT2D eigenvalue weighted by molar-refractivity contribution is 0.106. The molecule has 0 amide bonds. The molecule has 2 N–H and O–H groups in total. The predicted octanol–water partition coefficient (Wildman–Crippen LogP) is 2.80. The second-order valence-corrected chi connectivity index (χ2v) is 6.75. The van der Waals surface area contributed by atoms with E-state index in [2.05, 4.69) is 39.6 Å². The smallest absolute Gasteiger partial charge is 0.191 e. The Hall–Kier alpha value is -1.59. The summed E-state index contributed by atoms with van der Waals surface area (Å²) >= 11 is 0. The van der Waals surface area contributed by atoms with Gasteiger partial charge < -0.3 is 20.3 Å². The lowest BCUT2D eigenvalue weighted by Crippen LogP contribution is -2.42. The molecule has 1 heterocycles. The molecular weight excluding hydrogens is 312 g/mol. The molecule has 1 fully saturated rings. The first-order chi connectivity index (χ1) is 12.2. The molecule has 0 saturated carbocycles. The Kier molecular flexibility index (Phi) is 8.77. The Labute approximate surface area is 152 Å². The van der Waals surface area contributed by atoms with E-state index in [1.54, 1.807) is 7.11 Å². The fraction of sp³-hybridized carbons (Fsp3) is 0.650. The SMILES string of the molecule is CN=C(NCCCN1CCCCC1C)NCC(OC)c1ccccc1. The number of piperidine rings is 1. The summed E-state index contributed by atoms with van der Waals surface area (Å²) in [5.41, 5.74) is 1.17. The number of ether oxygens (including phenoxy) is 1. The third-order valence-electron chi connectivity index (χ3n) is 4.99. The van der Waals surface area contributed by atoms with Crippen LogP contribution in [0.1, 0.15) is 44.3 Å². The van der Waals surface area contributed by atoms with Crippen LogP contribution >= 0.6 is 0 Å². The highest BCUT2D eigenvalue weighted by Crippen LogP contribution is 2.16. The van der Waals surface area contributed by atoms with E-state index >= 15 is 0 Å². The number of hydrogen-bond acceptors (Lipinski definition) is 3. The Morgan fingerprint density at radius 3 is 2.76 bits per heavy atom. The summed E-state index contributed by atoms with van der Waals surface area (Å²) in [5.74, 6) is 0.838. The molecular formula is C20H34N4O. The van der Waals surface area contributed by atoms with Crippen LogP contribution in [0.25, 0.3) is 0 Å². The molecule has 0 aromatic heterocycles. The van der Waals surface area contributed by atoms with Crippen LogP contribution in [0.3, 0.4) is 0 Å². The number of hydrogen-bond donors (Lipinski definition) is 2. The average molecular weight is 347 g/mol. The highest BCUT2D eigenvalue weighted by molar-refractivity contribution is 5.79. The quantitative estimate of drug-likeness (QED) is 0.432. The average Bonchev–Trinajstić information content (AvgIpc) is 2.66. The van der Waals surface area contributed by atoms with E-state index < -0.39 is 0 Å². The minimum absolute atomic E-state index is 0.0222. The van der Waals surface area contributed by atoms with Gasteiger partial charge in [0.1, 0.15) is 0 Å². The molecule has 1 aliphatic heterocycles. The lowest BCUT2D eigenvalue weighted by Gasteiger charge is -2.33. The number of nitrogens with one attached hydrogen (secondary N) is 2. The van der Waals surface area contributed by atoms with Gasteiger partial charge in [-0.3, -0.25) is 4.99 Å². The van der Waals surface area contributed by atoms with Gasteiger partial charge in [-0.15, -0.1) is 0 Å². The molecule has 1 aromatic rings. The molecule has 5 heteroatoms. The van der Waals surface area contributed by atoms with Crippen molar-refractivity contribution >= 4 is 5.96 Å². The zero-order chi connectivity index (χ0) is 17.9. The predicted molar refractivity (Wildman–Crippen MR) is 105 cm³/mol. The number of aliphatic imine (C=N–C) groups is 1. The van der Waals surface area contributed by atoms with Crippen LogP contribution in [0.5, 0.6) is 0 Å². The van der Waals surface area contributed by atoms with Gasteiger partial charge in [0.2, 0.25) is 0 Å². The van der Waals surface area contributed by atoms with Crippen molar-refractivity contribution in [2.24, 2.45) is 4.99 Å². The van der Waals surface area contributed by atoms with Crippen molar-refractivity contribution in [3.8, 4) is 0 Å². The molecule has 0 bridgehead atoms. The van der Waals surface area contributed by atoms with E-state index in [4.69, 9.17) is 4.74 Å². The highest BCUT2D eigenvalue weighted by Gasteiger charge is 2.17. The molecule has 140 valence electrons. The molecule has 25 heavy (non-hydrogen) atoms. The van der Waals surface area contributed by atoms with Gasteiger partial charge in [0.15, 0.2) is 5.96 Å². The minimum atomic E-state index is 0.0222. The molecule has 5 nitrogen and oxygen atoms in total. The summed E-state index contributed by atoms with van der Waals surface area (Å²) in [6.45, 7) is 6.40. The Balaban J connectivity index is 1.68. The third-order valence-corrected chi connectivity index (χ3v) is 4.99.